The fraction of sp³-hybridized carbons (Fsp3) is 0.316. The fourth-order valence-electron chi connectivity index (χ4n) is 3.47. The van der Waals surface area contributed by atoms with Gasteiger partial charge in [-0.2, -0.15) is 5.26 Å². The maximum atomic E-state index is 13.2. The van der Waals surface area contributed by atoms with Gasteiger partial charge in [0.2, 0.25) is 0 Å². The quantitative estimate of drug-likeness (QED) is 0.737. The molecule has 4 rings (SSSR count). The Morgan fingerprint density at radius 3 is 3.04 bits per heavy atom. The highest BCUT2D eigenvalue weighted by molar-refractivity contribution is 7.18. The van der Waals surface area contributed by atoms with Gasteiger partial charge in [0, 0.05) is 11.3 Å². The molecule has 2 aromatic heterocycles. The third kappa shape index (κ3) is 2.35. The largest absolute Gasteiger partial charge is 0.292 e. The van der Waals surface area contributed by atoms with Crippen molar-refractivity contribution in [1.29, 1.82) is 5.26 Å². The molecule has 5 heteroatoms. The van der Waals surface area contributed by atoms with Crippen LogP contribution in [0.4, 0.5) is 0 Å². The second kappa shape index (κ2) is 5.88. The lowest BCUT2D eigenvalue weighted by Gasteiger charge is -2.12. The smallest absolute Gasteiger partial charge is 0.262 e. The van der Waals surface area contributed by atoms with Gasteiger partial charge >= 0.3 is 0 Å². The van der Waals surface area contributed by atoms with E-state index in [1.165, 1.54) is 10.4 Å². The van der Waals surface area contributed by atoms with Crippen molar-refractivity contribution in [2.75, 3.05) is 0 Å². The number of fused-ring (bicyclic) bond motifs is 3. The zero-order chi connectivity index (χ0) is 16.7. The zero-order valence-corrected chi connectivity index (χ0v) is 14.3. The number of benzene rings is 1. The third-order valence-corrected chi connectivity index (χ3v) is 5.80. The molecule has 0 unspecified atom stereocenters. The van der Waals surface area contributed by atoms with Crippen molar-refractivity contribution in [3.63, 3.8) is 0 Å². The van der Waals surface area contributed by atoms with E-state index in [-0.39, 0.29) is 5.56 Å². The molecule has 4 nitrogen and oxygen atoms in total. The summed E-state index contributed by atoms with van der Waals surface area (Å²) in [7, 11) is 0. The Labute approximate surface area is 144 Å². The van der Waals surface area contributed by atoms with E-state index in [0.29, 0.717) is 18.5 Å². The summed E-state index contributed by atoms with van der Waals surface area (Å²) >= 11 is 1.68. The number of hydrogen-bond donors (Lipinski definition) is 0. The molecule has 0 radical (unpaired) electrons. The van der Waals surface area contributed by atoms with Crippen LogP contribution in [0.25, 0.3) is 10.2 Å². The minimum Gasteiger partial charge on any atom is -0.292 e. The van der Waals surface area contributed by atoms with Gasteiger partial charge in [0.15, 0.2) is 0 Å². The van der Waals surface area contributed by atoms with Crippen molar-refractivity contribution in [1.82, 2.24) is 9.55 Å². The summed E-state index contributed by atoms with van der Waals surface area (Å²) in [6.07, 6.45) is 3.91. The molecule has 0 atom stereocenters. The summed E-state index contributed by atoms with van der Waals surface area (Å²) < 4.78 is 1.78. The Morgan fingerprint density at radius 2 is 2.25 bits per heavy atom. The van der Waals surface area contributed by atoms with Crippen LogP contribution in [0.2, 0.25) is 0 Å². The Morgan fingerprint density at radius 1 is 1.38 bits per heavy atom. The van der Waals surface area contributed by atoms with E-state index in [0.717, 1.165) is 40.9 Å². The second-order valence-electron chi connectivity index (χ2n) is 6.12. The Kier molecular flexibility index (Phi) is 3.70. The van der Waals surface area contributed by atoms with Crippen LogP contribution in [0.15, 0.2) is 29.1 Å². The highest BCUT2D eigenvalue weighted by Gasteiger charge is 2.22. The highest BCUT2D eigenvalue weighted by Crippen LogP contribution is 2.34. The third-order valence-electron chi connectivity index (χ3n) is 4.62. The van der Waals surface area contributed by atoms with E-state index in [1.54, 1.807) is 22.0 Å². The number of nitriles is 1. The summed E-state index contributed by atoms with van der Waals surface area (Å²) in [4.78, 5) is 20.2. The van der Waals surface area contributed by atoms with E-state index in [9.17, 15) is 4.79 Å². The van der Waals surface area contributed by atoms with Crippen molar-refractivity contribution in [2.24, 2.45) is 0 Å². The summed E-state index contributed by atoms with van der Waals surface area (Å²) in [5, 5.41) is 9.89. The van der Waals surface area contributed by atoms with Gasteiger partial charge in [0.25, 0.3) is 5.56 Å². The van der Waals surface area contributed by atoms with Gasteiger partial charge in [-0.15, -0.1) is 11.3 Å². The molecule has 0 saturated heterocycles. The molecule has 0 aliphatic heterocycles. The molecule has 24 heavy (non-hydrogen) atoms. The first-order valence-electron chi connectivity index (χ1n) is 8.24. The minimum atomic E-state index is 0.0682. The van der Waals surface area contributed by atoms with Crippen LogP contribution in [0.5, 0.6) is 0 Å². The average Bonchev–Trinajstić information content (AvgIpc) is 3.18. The Bertz CT molecular complexity index is 1040. The average molecular weight is 335 g/mol. The lowest BCUT2D eigenvalue weighted by Crippen LogP contribution is -2.25. The van der Waals surface area contributed by atoms with Crippen LogP contribution < -0.4 is 5.56 Å². The number of rotatable bonds is 3. The summed E-state index contributed by atoms with van der Waals surface area (Å²) in [5.41, 5.74) is 2.86. The van der Waals surface area contributed by atoms with Gasteiger partial charge in [0.1, 0.15) is 10.7 Å². The van der Waals surface area contributed by atoms with Gasteiger partial charge in [-0.1, -0.05) is 19.1 Å². The number of nitrogens with zero attached hydrogens (tertiary/aromatic N) is 3. The molecule has 0 spiro atoms. The summed E-state index contributed by atoms with van der Waals surface area (Å²) in [6.45, 7) is 2.49. The van der Waals surface area contributed by atoms with Gasteiger partial charge in [-0.3, -0.25) is 9.36 Å². The van der Waals surface area contributed by atoms with E-state index >= 15 is 0 Å². The molecular formula is C19H17N3OS. The first kappa shape index (κ1) is 15.1. The second-order valence-corrected chi connectivity index (χ2v) is 7.21. The first-order valence-corrected chi connectivity index (χ1v) is 9.06. The van der Waals surface area contributed by atoms with Gasteiger partial charge in [-0.25, -0.2) is 4.98 Å². The monoisotopic (exact) mass is 335 g/mol. The van der Waals surface area contributed by atoms with Gasteiger partial charge in [-0.05, 0) is 42.5 Å². The molecule has 3 aromatic rings. The molecule has 120 valence electrons. The highest BCUT2D eigenvalue weighted by atomic mass is 32.1. The molecule has 2 heterocycles. The lowest BCUT2D eigenvalue weighted by molar-refractivity contribution is 0.686. The molecule has 0 fully saturated rings. The van der Waals surface area contributed by atoms with Crippen molar-refractivity contribution in [3.8, 4) is 6.07 Å². The summed E-state index contributed by atoms with van der Waals surface area (Å²) in [6, 6.07) is 9.59. The number of aryl methyl sites for hydroxylation is 3. The lowest BCUT2D eigenvalue weighted by atomic mass is 10.1. The van der Waals surface area contributed by atoms with E-state index in [2.05, 4.69) is 6.07 Å². The Balaban J connectivity index is 1.89. The standard InChI is InChI=1S/C19H17N3OS/c1-2-16-21-18-17(14-7-4-8-15(14)24-18)19(23)22(16)11-13-6-3-5-12(9-13)10-20/h3,5-6,9H,2,4,7-8,11H2,1H3. The number of hydrogen-bond acceptors (Lipinski definition) is 4. The van der Waals surface area contributed by atoms with Crippen molar-refractivity contribution < 1.29 is 0 Å². The molecule has 0 bridgehead atoms. The van der Waals surface area contributed by atoms with Crippen LogP contribution in [0, 0.1) is 11.3 Å². The van der Waals surface area contributed by atoms with Crippen molar-refractivity contribution in [3.05, 3.63) is 62.0 Å². The molecule has 1 aliphatic carbocycles. The molecule has 0 amide bonds. The predicted molar refractivity (Wildman–Crippen MR) is 95.5 cm³/mol. The number of aromatic nitrogens is 2. The van der Waals surface area contributed by atoms with Gasteiger partial charge in [0.05, 0.1) is 23.6 Å². The molecular weight excluding hydrogens is 318 g/mol. The maximum Gasteiger partial charge on any atom is 0.262 e. The summed E-state index contributed by atoms with van der Waals surface area (Å²) in [5.74, 6) is 0.815. The fourth-order valence-corrected chi connectivity index (χ4v) is 4.74. The predicted octanol–water partition coefficient (Wildman–Crippen LogP) is 3.43. The Hall–Kier alpha value is -2.45. The molecule has 1 aliphatic rings. The van der Waals surface area contributed by atoms with Crippen LogP contribution in [0.3, 0.4) is 0 Å². The van der Waals surface area contributed by atoms with Gasteiger partial charge < -0.3 is 0 Å². The minimum absolute atomic E-state index is 0.0682. The van der Waals surface area contributed by atoms with Crippen LogP contribution in [0.1, 0.15) is 40.7 Å². The SMILES string of the molecule is CCc1nc2sc3c(c2c(=O)n1Cc1cccc(C#N)c1)CCC3. The van der Waals surface area contributed by atoms with E-state index < -0.39 is 0 Å². The maximum absolute atomic E-state index is 13.2. The van der Waals surface area contributed by atoms with Crippen molar-refractivity contribution >= 4 is 21.6 Å². The first-order chi connectivity index (χ1) is 11.7. The van der Waals surface area contributed by atoms with Crippen molar-refractivity contribution in [2.45, 2.75) is 39.2 Å². The van der Waals surface area contributed by atoms with Crippen LogP contribution in [-0.4, -0.2) is 9.55 Å². The number of thiophene rings is 1. The van der Waals surface area contributed by atoms with E-state index in [4.69, 9.17) is 10.2 Å². The molecule has 0 saturated carbocycles. The molecule has 0 N–H and O–H groups in total. The van der Waals surface area contributed by atoms with Crippen LogP contribution in [-0.2, 0) is 25.8 Å². The van der Waals surface area contributed by atoms with Crippen LogP contribution >= 0.6 is 11.3 Å². The zero-order valence-electron chi connectivity index (χ0n) is 13.5. The molecule has 1 aromatic carbocycles. The normalized spacial score (nSPS) is 13.2. The van der Waals surface area contributed by atoms with E-state index in [1.807, 2.05) is 25.1 Å². The topological polar surface area (TPSA) is 58.7 Å².